The molecule has 2 aromatic carbocycles. The van der Waals surface area contributed by atoms with Crippen molar-refractivity contribution in [3.8, 4) is 22.9 Å². The summed E-state index contributed by atoms with van der Waals surface area (Å²) in [4.78, 5) is 12.5. The number of amides is 1. The van der Waals surface area contributed by atoms with Crippen molar-refractivity contribution in [2.45, 2.75) is 38.8 Å². The van der Waals surface area contributed by atoms with Crippen molar-refractivity contribution in [2.24, 2.45) is 0 Å². The summed E-state index contributed by atoms with van der Waals surface area (Å²) in [6, 6.07) is 15.0. The molecule has 1 aliphatic rings. The smallest absolute Gasteiger partial charge is 0.226 e. The number of H-pyrrole nitrogens is 1. The van der Waals surface area contributed by atoms with Crippen LogP contribution < -0.4 is 14.8 Å². The van der Waals surface area contributed by atoms with Gasteiger partial charge < -0.3 is 19.5 Å². The van der Waals surface area contributed by atoms with Crippen molar-refractivity contribution in [3.05, 3.63) is 53.3 Å². The Morgan fingerprint density at radius 3 is 2.61 bits per heavy atom. The summed E-state index contributed by atoms with van der Waals surface area (Å²) in [5, 5.41) is 10.1. The Hall–Kier alpha value is -3.17. The van der Waals surface area contributed by atoms with Gasteiger partial charge in [0.05, 0.1) is 12.7 Å². The van der Waals surface area contributed by atoms with Gasteiger partial charge in [-0.2, -0.15) is 5.10 Å². The minimum absolute atomic E-state index is 0.108. The molecular formula is C24H28N4O4S. The largest absolute Gasteiger partial charge is 0.494 e. The van der Waals surface area contributed by atoms with Gasteiger partial charge in [0.1, 0.15) is 18.1 Å². The predicted molar refractivity (Wildman–Crippen MR) is 128 cm³/mol. The highest BCUT2D eigenvalue weighted by molar-refractivity contribution is 7.71. The molecular weight excluding hydrogens is 440 g/mol. The number of nitrogens with one attached hydrogen (secondary N) is 2. The molecule has 1 fully saturated rings. The lowest BCUT2D eigenvalue weighted by atomic mass is 10.2. The first-order chi connectivity index (χ1) is 16.1. The first-order valence-electron chi connectivity index (χ1n) is 11.1. The zero-order valence-electron chi connectivity index (χ0n) is 18.6. The topological polar surface area (TPSA) is 90.4 Å². The maximum atomic E-state index is 12.5. The molecule has 0 bridgehead atoms. The van der Waals surface area contributed by atoms with Gasteiger partial charge in [0.15, 0.2) is 10.6 Å². The highest BCUT2D eigenvalue weighted by Crippen LogP contribution is 2.22. The van der Waals surface area contributed by atoms with Crippen molar-refractivity contribution in [1.82, 2.24) is 14.8 Å². The molecule has 9 heteroatoms. The molecule has 2 N–H and O–H groups in total. The Morgan fingerprint density at radius 2 is 1.91 bits per heavy atom. The van der Waals surface area contributed by atoms with Gasteiger partial charge in [0.2, 0.25) is 5.91 Å². The predicted octanol–water partition coefficient (Wildman–Crippen LogP) is 4.59. The van der Waals surface area contributed by atoms with Crippen LogP contribution in [0.3, 0.4) is 0 Å². The molecule has 0 radical (unpaired) electrons. The van der Waals surface area contributed by atoms with Crippen LogP contribution in [0.4, 0.5) is 5.69 Å². The number of anilines is 1. The minimum Gasteiger partial charge on any atom is -0.494 e. The van der Waals surface area contributed by atoms with E-state index in [0.717, 1.165) is 36.5 Å². The molecule has 2 heterocycles. The van der Waals surface area contributed by atoms with E-state index < -0.39 is 0 Å². The first-order valence-corrected chi connectivity index (χ1v) is 11.6. The molecule has 8 nitrogen and oxygen atoms in total. The maximum Gasteiger partial charge on any atom is 0.226 e. The van der Waals surface area contributed by atoms with E-state index in [1.165, 1.54) is 0 Å². The molecule has 4 rings (SSSR count). The third-order valence-corrected chi connectivity index (χ3v) is 5.65. The monoisotopic (exact) mass is 468 g/mol. The van der Waals surface area contributed by atoms with Gasteiger partial charge in [0, 0.05) is 30.8 Å². The molecule has 174 valence electrons. The fraction of sp³-hybridized carbons (Fsp3) is 0.375. The number of hydrogen-bond donors (Lipinski definition) is 2. The summed E-state index contributed by atoms with van der Waals surface area (Å²) in [5.74, 6) is 2.13. The Kier molecular flexibility index (Phi) is 7.74. The fourth-order valence-corrected chi connectivity index (χ4v) is 3.87. The van der Waals surface area contributed by atoms with E-state index in [1.807, 2.05) is 60.0 Å². The number of benzene rings is 2. The Morgan fingerprint density at radius 1 is 1.18 bits per heavy atom. The van der Waals surface area contributed by atoms with Crippen LogP contribution in [-0.4, -0.2) is 46.6 Å². The normalized spacial score (nSPS) is 15.4. The lowest BCUT2D eigenvalue weighted by molar-refractivity contribution is -0.116. The third kappa shape index (κ3) is 6.21. The average molecular weight is 469 g/mol. The number of nitrogens with zero attached hydrogens (tertiary/aromatic N) is 2. The lowest BCUT2D eigenvalue weighted by Gasteiger charge is -2.12. The fourth-order valence-electron chi connectivity index (χ4n) is 3.65. The highest BCUT2D eigenvalue weighted by Gasteiger charge is 2.16. The van der Waals surface area contributed by atoms with Gasteiger partial charge in [-0.05, 0) is 80.5 Å². The summed E-state index contributed by atoms with van der Waals surface area (Å²) in [7, 11) is 0. The van der Waals surface area contributed by atoms with Crippen LogP contribution in [0.15, 0.2) is 48.5 Å². The summed E-state index contributed by atoms with van der Waals surface area (Å²) in [6.07, 6.45) is 2.56. The Bertz CT molecular complexity index is 1100. The summed E-state index contributed by atoms with van der Waals surface area (Å²) >= 11 is 5.37. The number of aromatic amines is 1. The second kappa shape index (κ2) is 11.1. The molecule has 1 unspecified atom stereocenters. The summed E-state index contributed by atoms with van der Waals surface area (Å²) in [6.45, 7) is 4.32. The molecule has 3 aromatic rings. The number of rotatable bonds is 10. The van der Waals surface area contributed by atoms with E-state index in [1.54, 1.807) is 0 Å². The van der Waals surface area contributed by atoms with E-state index in [4.69, 9.17) is 26.4 Å². The van der Waals surface area contributed by atoms with Crippen LogP contribution in [0.25, 0.3) is 11.4 Å². The standard InChI is InChI=1S/C24H28N4O4S/c1-2-30-19-9-5-17(6-10-19)23-26-27-24(33)28(23)14-13-22(29)25-18-7-11-20(12-8-18)32-16-21-4-3-15-31-21/h5-12,21H,2-4,13-16H2,1H3,(H,25,29)(H,27,33). The maximum absolute atomic E-state index is 12.5. The van der Waals surface area contributed by atoms with E-state index in [-0.39, 0.29) is 18.4 Å². The second-order valence-corrected chi connectivity index (χ2v) is 8.12. The molecule has 0 aliphatic carbocycles. The SMILES string of the molecule is CCOc1ccc(-c2n[nH]c(=S)n2CCC(=O)Nc2ccc(OCC3CCCO3)cc2)cc1. The second-order valence-electron chi connectivity index (χ2n) is 7.73. The van der Waals surface area contributed by atoms with Crippen LogP contribution in [0.1, 0.15) is 26.2 Å². The Labute approximate surface area is 197 Å². The minimum atomic E-state index is -0.108. The van der Waals surface area contributed by atoms with Gasteiger partial charge in [-0.3, -0.25) is 14.5 Å². The first kappa shape index (κ1) is 23.0. The van der Waals surface area contributed by atoms with Crippen molar-refractivity contribution < 1.29 is 19.0 Å². The quantitative estimate of drug-likeness (QED) is 0.423. The highest BCUT2D eigenvalue weighted by atomic mass is 32.1. The van der Waals surface area contributed by atoms with Gasteiger partial charge >= 0.3 is 0 Å². The molecule has 1 atom stereocenters. The molecule has 0 spiro atoms. The molecule has 33 heavy (non-hydrogen) atoms. The van der Waals surface area contributed by atoms with Crippen molar-refractivity contribution >= 4 is 23.8 Å². The molecule has 1 aliphatic heterocycles. The van der Waals surface area contributed by atoms with Crippen molar-refractivity contribution in [1.29, 1.82) is 0 Å². The van der Waals surface area contributed by atoms with Crippen LogP contribution in [0, 0.1) is 4.77 Å². The van der Waals surface area contributed by atoms with Gasteiger partial charge in [-0.1, -0.05) is 0 Å². The van der Waals surface area contributed by atoms with E-state index >= 15 is 0 Å². The summed E-state index contributed by atoms with van der Waals surface area (Å²) < 4.78 is 19.1. The van der Waals surface area contributed by atoms with E-state index in [2.05, 4.69) is 15.5 Å². The number of carbonyl (C=O) groups is 1. The lowest BCUT2D eigenvalue weighted by Crippen LogP contribution is -2.16. The molecule has 1 amide bonds. The number of ether oxygens (including phenoxy) is 3. The van der Waals surface area contributed by atoms with Gasteiger partial charge in [-0.15, -0.1) is 0 Å². The zero-order chi connectivity index (χ0) is 23.0. The van der Waals surface area contributed by atoms with E-state index in [9.17, 15) is 4.79 Å². The van der Waals surface area contributed by atoms with Gasteiger partial charge in [-0.25, -0.2) is 0 Å². The van der Waals surface area contributed by atoms with Crippen LogP contribution in [-0.2, 0) is 16.1 Å². The van der Waals surface area contributed by atoms with Crippen molar-refractivity contribution in [2.75, 3.05) is 25.1 Å². The third-order valence-electron chi connectivity index (χ3n) is 5.34. The molecule has 0 saturated carbocycles. The number of hydrogen-bond acceptors (Lipinski definition) is 6. The van der Waals surface area contributed by atoms with Crippen molar-refractivity contribution in [3.63, 3.8) is 0 Å². The molecule has 1 saturated heterocycles. The summed E-state index contributed by atoms with van der Waals surface area (Å²) in [5.41, 5.74) is 1.61. The number of carbonyl (C=O) groups excluding carboxylic acids is 1. The Balaban J connectivity index is 1.31. The van der Waals surface area contributed by atoms with Crippen LogP contribution >= 0.6 is 12.2 Å². The molecule has 1 aromatic heterocycles. The van der Waals surface area contributed by atoms with Crippen LogP contribution in [0.2, 0.25) is 0 Å². The van der Waals surface area contributed by atoms with Gasteiger partial charge in [0.25, 0.3) is 0 Å². The zero-order valence-corrected chi connectivity index (χ0v) is 19.4. The van der Waals surface area contributed by atoms with E-state index in [0.29, 0.717) is 36.0 Å². The average Bonchev–Trinajstić information content (AvgIpc) is 3.48. The number of aromatic nitrogens is 3. The van der Waals surface area contributed by atoms with Crippen LogP contribution in [0.5, 0.6) is 11.5 Å².